The fourth-order valence-corrected chi connectivity index (χ4v) is 3.97. The van der Waals surface area contributed by atoms with Crippen molar-refractivity contribution in [2.24, 2.45) is 5.92 Å². The molecule has 0 saturated carbocycles. The summed E-state index contributed by atoms with van der Waals surface area (Å²) in [7, 11) is 0. The predicted octanol–water partition coefficient (Wildman–Crippen LogP) is 3.64. The van der Waals surface area contributed by atoms with E-state index in [1.165, 1.54) is 5.56 Å². The summed E-state index contributed by atoms with van der Waals surface area (Å²) in [5, 5.41) is 3.72. The Kier molecular flexibility index (Phi) is 5.47. The number of hydrogen-bond donors (Lipinski definition) is 1. The van der Waals surface area contributed by atoms with Crippen LogP contribution in [0.5, 0.6) is 5.75 Å². The molecule has 2 amide bonds. The number of carbonyl (C=O) groups is 2. The SMILES string of the molecule is O=C(NCCc1ccc2c(c1)CCO2)C1CCN(c2ccc(Cl)c(Cl)c2)C1=O. The number of nitrogens with one attached hydrogen (secondary N) is 1. The van der Waals surface area contributed by atoms with Gasteiger partial charge in [0, 0.05) is 25.2 Å². The predicted molar refractivity (Wildman–Crippen MR) is 109 cm³/mol. The number of hydrogen-bond acceptors (Lipinski definition) is 3. The Morgan fingerprint density at radius 2 is 2.04 bits per heavy atom. The Morgan fingerprint density at radius 1 is 1.18 bits per heavy atom. The van der Waals surface area contributed by atoms with Crippen molar-refractivity contribution < 1.29 is 14.3 Å². The molecule has 2 aromatic carbocycles. The van der Waals surface area contributed by atoms with Gasteiger partial charge in [-0.3, -0.25) is 9.59 Å². The first-order chi connectivity index (χ1) is 13.5. The van der Waals surface area contributed by atoms with Gasteiger partial charge in [0.1, 0.15) is 11.7 Å². The summed E-state index contributed by atoms with van der Waals surface area (Å²) in [6.45, 7) is 1.71. The van der Waals surface area contributed by atoms with Crippen LogP contribution in [-0.4, -0.2) is 31.5 Å². The van der Waals surface area contributed by atoms with Crippen LogP contribution >= 0.6 is 23.2 Å². The van der Waals surface area contributed by atoms with Gasteiger partial charge < -0.3 is 15.0 Å². The molecule has 1 atom stereocenters. The number of carbonyl (C=O) groups excluding carboxylic acids is 2. The van der Waals surface area contributed by atoms with Crippen LogP contribution in [0.15, 0.2) is 36.4 Å². The van der Waals surface area contributed by atoms with Crippen molar-refractivity contribution in [3.05, 3.63) is 57.6 Å². The molecule has 0 radical (unpaired) electrons. The molecule has 2 aliphatic heterocycles. The highest BCUT2D eigenvalue weighted by Crippen LogP contribution is 2.31. The van der Waals surface area contributed by atoms with E-state index >= 15 is 0 Å². The van der Waals surface area contributed by atoms with Crippen molar-refractivity contribution in [3.8, 4) is 5.75 Å². The van der Waals surface area contributed by atoms with Crippen LogP contribution in [0.1, 0.15) is 17.5 Å². The molecule has 2 aromatic rings. The summed E-state index contributed by atoms with van der Waals surface area (Å²) >= 11 is 12.0. The number of rotatable bonds is 5. The smallest absolute Gasteiger partial charge is 0.239 e. The number of amides is 2. The second-order valence-corrected chi connectivity index (χ2v) is 7.83. The maximum absolute atomic E-state index is 12.7. The molecule has 2 heterocycles. The Morgan fingerprint density at radius 3 is 2.86 bits per heavy atom. The van der Waals surface area contributed by atoms with Crippen molar-refractivity contribution in [3.63, 3.8) is 0 Å². The van der Waals surface area contributed by atoms with Gasteiger partial charge in [0.2, 0.25) is 11.8 Å². The zero-order chi connectivity index (χ0) is 19.7. The van der Waals surface area contributed by atoms with Crippen molar-refractivity contribution in [1.82, 2.24) is 5.32 Å². The van der Waals surface area contributed by atoms with E-state index in [1.807, 2.05) is 12.1 Å². The molecule has 0 spiro atoms. The third-order valence-electron chi connectivity index (χ3n) is 5.20. The number of benzene rings is 2. The highest BCUT2D eigenvalue weighted by atomic mass is 35.5. The van der Waals surface area contributed by atoms with Crippen molar-refractivity contribution >= 4 is 40.7 Å². The van der Waals surface area contributed by atoms with E-state index in [0.717, 1.165) is 30.8 Å². The van der Waals surface area contributed by atoms with Crippen LogP contribution in [0.2, 0.25) is 10.0 Å². The molecule has 1 unspecified atom stereocenters. The minimum absolute atomic E-state index is 0.203. The molecule has 5 nitrogen and oxygen atoms in total. The Bertz CT molecular complexity index is 932. The lowest BCUT2D eigenvalue weighted by molar-refractivity contribution is -0.132. The quantitative estimate of drug-likeness (QED) is 0.753. The summed E-state index contributed by atoms with van der Waals surface area (Å²) in [4.78, 5) is 26.8. The topological polar surface area (TPSA) is 58.6 Å². The van der Waals surface area contributed by atoms with Gasteiger partial charge in [0.15, 0.2) is 0 Å². The van der Waals surface area contributed by atoms with Crippen LogP contribution in [0, 0.1) is 5.92 Å². The highest BCUT2D eigenvalue weighted by Gasteiger charge is 2.37. The average Bonchev–Trinajstić information content (AvgIpc) is 3.30. The zero-order valence-electron chi connectivity index (χ0n) is 15.2. The molecule has 1 saturated heterocycles. The first-order valence-corrected chi connectivity index (χ1v) is 10.1. The first-order valence-electron chi connectivity index (χ1n) is 9.31. The van der Waals surface area contributed by atoms with Crippen LogP contribution in [-0.2, 0) is 22.4 Å². The van der Waals surface area contributed by atoms with Gasteiger partial charge in [0.05, 0.1) is 16.7 Å². The summed E-state index contributed by atoms with van der Waals surface area (Å²) in [5.41, 5.74) is 3.03. The van der Waals surface area contributed by atoms with Gasteiger partial charge in [-0.25, -0.2) is 0 Å². The van der Waals surface area contributed by atoms with Crippen LogP contribution in [0.3, 0.4) is 0 Å². The first kappa shape index (κ1) is 19.1. The lowest BCUT2D eigenvalue weighted by Gasteiger charge is -2.17. The molecular weight excluding hydrogens is 399 g/mol. The average molecular weight is 419 g/mol. The molecule has 0 bridgehead atoms. The van der Waals surface area contributed by atoms with E-state index in [2.05, 4.69) is 11.4 Å². The van der Waals surface area contributed by atoms with E-state index in [1.54, 1.807) is 23.1 Å². The molecule has 28 heavy (non-hydrogen) atoms. The van der Waals surface area contributed by atoms with Gasteiger partial charge in [-0.1, -0.05) is 35.3 Å². The zero-order valence-corrected chi connectivity index (χ0v) is 16.7. The number of ether oxygens (including phenoxy) is 1. The van der Waals surface area contributed by atoms with E-state index in [-0.39, 0.29) is 11.8 Å². The molecule has 0 aromatic heterocycles. The summed E-state index contributed by atoms with van der Waals surface area (Å²) in [6, 6.07) is 11.2. The van der Waals surface area contributed by atoms with E-state index in [4.69, 9.17) is 27.9 Å². The monoisotopic (exact) mass is 418 g/mol. The third-order valence-corrected chi connectivity index (χ3v) is 5.94. The Labute approximate surface area is 173 Å². The fourth-order valence-electron chi connectivity index (χ4n) is 3.68. The number of halogens is 2. The molecule has 4 rings (SSSR count). The molecule has 7 heteroatoms. The second kappa shape index (κ2) is 8.02. The summed E-state index contributed by atoms with van der Waals surface area (Å²) < 4.78 is 5.51. The van der Waals surface area contributed by atoms with Gasteiger partial charge in [-0.15, -0.1) is 0 Å². The minimum atomic E-state index is -0.664. The van der Waals surface area contributed by atoms with E-state index in [9.17, 15) is 9.59 Å². The minimum Gasteiger partial charge on any atom is -0.493 e. The fraction of sp³-hybridized carbons (Fsp3) is 0.333. The lowest BCUT2D eigenvalue weighted by Crippen LogP contribution is -2.37. The number of nitrogens with zero attached hydrogens (tertiary/aromatic N) is 1. The van der Waals surface area contributed by atoms with Gasteiger partial charge in [0.25, 0.3) is 0 Å². The van der Waals surface area contributed by atoms with E-state index < -0.39 is 5.92 Å². The standard InChI is InChI=1S/C21H20Cl2N2O3/c22-17-3-2-15(12-18(17)23)25-9-6-16(21(25)27)20(26)24-8-5-13-1-4-19-14(11-13)7-10-28-19/h1-4,11-12,16H,5-10H2,(H,24,26). The van der Waals surface area contributed by atoms with Crippen molar-refractivity contribution in [2.75, 3.05) is 24.6 Å². The summed E-state index contributed by atoms with van der Waals surface area (Å²) in [6.07, 6.45) is 2.13. The third kappa shape index (κ3) is 3.82. The van der Waals surface area contributed by atoms with Gasteiger partial charge in [-0.05, 0) is 48.2 Å². The lowest BCUT2D eigenvalue weighted by atomic mass is 10.1. The number of fused-ring (bicyclic) bond motifs is 1. The largest absolute Gasteiger partial charge is 0.493 e. The van der Waals surface area contributed by atoms with Gasteiger partial charge >= 0.3 is 0 Å². The van der Waals surface area contributed by atoms with Crippen LogP contribution < -0.4 is 15.0 Å². The maximum Gasteiger partial charge on any atom is 0.239 e. The van der Waals surface area contributed by atoms with Crippen LogP contribution in [0.4, 0.5) is 5.69 Å². The molecule has 2 aliphatic rings. The van der Waals surface area contributed by atoms with Crippen molar-refractivity contribution in [1.29, 1.82) is 0 Å². The summed E-state index contributed by atoms with van der Waals surface area (Å²) in [5.74, 6) is -0.141. The molecule has 1 fully saturated rings. The Hall–Kier alpha value is -2.24. The molecule has 146 valence electrons. The highest BCUT2D eigenvalue weighted by molar-refractivity contribution is 6.42. The van der Waals surface area contributed by atoms with E-state index in [0.29, 0.717) is 35.2 Å². The van der Waals surface area contributed by atoms with Crippen molar-refractivity contribution in [2.45, 2.75) is 19.3 Å². The molecule has 1 N–H and O–H groups in total. The molecule has 0 aliphatic carbocycles. The second-order valence-electron chi connectivity index (χ2n) is 7.01. The molecular formula is C21H20Cl2N2O3. The normalized spacial score (nSPS) is 18.1. The maximum atomic E-state index is 12.7. The number of anilines is 1. The van der Waals surface area contributed by atoms with Crippen LogP contribution in [0.25, 0.3) is 0 Å². The Balaban J connectivity index is 1.32. The van der Waals surface area contributed by atoms with Gasteiger partial charge in [-0.2, -0.15) is 0 Å².